The minimum absolute atomic E-state index is 0.0175. The van der Waals surface area contributed by atoms with Crippen molar-refractivity contribution in [1.29, 1.82) is 0 Å². The average Bonchev–Trinajstić information content (AvgIpc) is 2.65. The number of nitrogens with zero attached hydrogens (tertiary/aromatic N) is 2. The van der Waals surface area contributed by atoms with E-state index in [1.165, 1.54) is 4.90 Å². The number of carboxylic acid groups (broad SMARTS) is 1. The zero-order chi connectivity index (χ0) is 19.1. The SMILES string of the molecule is CCC(C)Oc1cc(C(=O)N(C)c2ccc(OCC(=O)O)cc2)ccn1. The minimum atomic E-state index is -1.05. The molecule has 0 spiro atoms. The van der Waals surface area contributed by atoms with Crippen LogP contribution in [0.5, 0.6) is 11.6 Å². The number of carboxylic acids is 1. The van der Waals surface area contributed by atoms with E-state index in [-0.39, 0.29) is 12.0 Å². The summed E-state index contributed by atoms with van der Waals surface area (Å²) in [5.74, 6) is -0.420. The van der Waals surface area contributed by atoms with Crippen LogP contribution >= 0.6 is 0 Å². The van der Waals surface area contributed by atoms with Crippen molar-refractivity contribution in [3.8, 4) is 11.6 Å². The minimum Gasteiger partial charge on any atom is -0.482 e. The van der Waals surface area contributed by atoms with Gasteiger partial charge in [-0.05, 0) is 43.7 Å². The van der Waals surface area contributed by atoms with E-state index in [0.29, 0.717) is 22.9 Å². The molecule has 7 nitrogen and oxygen atoms in total. The van der Waals surface area contributed by atoms with Gasteiger partial charge < -0.3 is 19.5 Å². The van der Waals surface area contributed by atoms with E-state index in [1.54, 1.807) is 49.6 Å². The first-order chi connectivity index (χ1) is 12.4. The summed E-state index contributed by atoms with van der Waals surface area (Å²) >= 11 is 0. The Morgan fingerprint density at radius 2 is 1.92 bits per heavy atom. The van der Waals surface area contributed by atoms with Crippen LogP contribution in [0.25, 0.3) is 0 Å². The topological polar surface area (TPSA) is 89.0 Å². The van der Waals surface area contributed by atoms with E-state index in [0.717, 1.165) is 6.42 Å². The van der Waals surface area contributed by atoms with Crippen LogP contribution in [0, 0.1) is 0 Å². The molecule has 1 aromatic heterocycles. The van der Waals surface area contributed by atoms with Crippen LogP contribution in [0.2, 0.25) is 0 Å². The maximum absolute atomic E-state index is 12.7. The summed E-state index contributed by atoms with van der Waals surface area (Å²) in [7, 11) is 1.66. The van der Waals surface area contributed by atoms with Gasteiger partial charge in [-0.15, -0.1) is 0 Å². The molecular formula is C19H22N2O5. The van der Waals surface area contributed by atoms with Crippen molar-refractivity contribution in [2.24, 2.45) is 0 Å². The second-order valence-corrected chi connectivity index (χ2v) is 5.76. The number of benzene rings is 1. The molecule has 2 aromatic rings. The predicted molar refractivity (Wildman–Crippen MR) is 96.9 cm³/mol. The van der Waals surface area contributed by atoms with Gasteiger partial charge in [0.25, 0.3) is 5.91 Å². The molecule has 138 valence electrons. The fraction of sp³-hybridized carbons (Fsp3) is 0.316. The highest BCUT2D eigenvalue weighted by Gasteiger charge is 2.15. The highest BCUT2D eigenvalue weighted by Crippen LogP contribution is 2.21. The van der Waals surface area contributed by atoms with Crippen LogP contribution in [0.1, 0.15) is 30.6 Å². The number of aliphatic carboxylic acids is 1. The monoisotopic (exact) mass is 358 g/mol. The molecule has 1 aromatic carbocycles. The lowest BCUT2D eigenvalue weighted by atomic mass is 10.2. The van der Waals surface area contributed by atoms with E-state index in [4.69, 9.17) is 14.6 Å². The Hall–Kier alpha value is -3.09. The molecule has 0 aliphatic carbocycles. The zero-order valence-corrected chi connectivity index (χ0v) is 15.0. The molecule has 1 unspecified atom stereocenters. The molecule has 2 rings (SSSR count). The molecule has 0 saturated heterocycles. The fourth-order valence-electron chi connectivity index (χ4n) is 2.12. The third-order valence-electron chi connectivity index (χ3n) is 3.77. The normalized spacial score (nSPS) is 11.5. The van der Waals surface area contributed by atoms with Gasteiger partial charge in [0.15, 0.2) is 6.61 Å². The Balaban J connectivity index is 2.09. The first kappa shape index (κ1) is 19.2. The third kappa shape index (κ3) is 5.20. The van der Waals surface area contributed by atoms with E-state index in [2.05, 4.69) is 4.98 Å². The molecule has 0 radical (unpaired) electrons. The molecule has 0 bridgehead atoms. The number of rotatable bonds is 8. The maximum atomic E-state index is 12.7. The molecule has 0 aliphatic rings. The molecule has 1 amide bonds. The molecule has 0 saturated carbocycles. The Labute approximate surface area is 152 Å². The van der Waals surface area contributed by atoms with Crippen LogP contribution in [0.15, 0.2) is 42.6 Å². The Morgan fingerprint density at radius 3 is 2.54 bits per heavy atom. The number of anilines is 1. The summed E-state index contributed by atoms with van der Waals surface area (Å²) in [6, 6.07) is 9.86. The summed E-state index contributed by atoms with van der Waals surface area (Å²) in [5, 5.41) is 8.62. The summed E-state index contributed by atoms with van der Waals surface area (Å²) in [5.41, 5.74) is 1.12. The smallest absolute Gasteiger partial charge is 0.341 e. The van der Waals surface area contributed by atoms with Crippen molar-refractivity contribution < 1.29 is 24.2 Å². The van der Waals surface area contributed by atoms with Crippen LogP contribution < -0.4 is 14.4 Å². The first-order valence-electron chi connectivity index (χ1n) is 8.26. The van der Waals surface area contributed by atoms with Crippen LogP contribution in [0.4, 0.5) is 5.69 Å². The maximum Gasteiger partial charge on any atom is 0.341 e. The van der Waals surface area contributed by atoms with Gasteiger partial charge in [0, 0.05) is 30.6 Å². The highest BCUT2D eigenvalue weighted by molar-refractivity contribution is 6.05. The molecule has 26 heavy (non-hydrogen) atoms. The van der Waals surface area contributed by atoms with Gasteiger partial charge in [-0.2, -0.15) is 0 Å². The number of pyridine rings is 1. The van der Waals surface area contributed by atoms with E-state index >= 15 is 0 Å². The van der Waals surface area contributed by atoms with Crippen molar-refractivity contribution in [1.82, 2.24) is 4.98 Å². The van der Waals surface area contributed by atoms with Crippen molar-refractivity contribution in [3.63, 3.8) is 0 Å². The lowest BCUT2D eigenvalue weighted by Crippen LogP contribution is -2.26. The number of carbonyl (C=O) groups is 2. The van der Waals surface area contributed by atoms with Gasteiger partial charge in [-0.25, -0.2) is 9.78 Å². The summed E-state index contributed by atoms with van der Waals surface area (Å²) in [4.78, 5) is 28.8. The van der Waals surface area contributed by atoms with Crippen molar-refractivity contribution in [3.05, 3.63) is 48.2 Å². The zero-order valence-electron chi connectivity index (χ0n) is 15.0. The number of hydrogen-bond acceptors (Lipinski definition) is 5. The summed E-state index contributed by atoms with van der Waals surface area (Å²) in [6.07, 6.45) is 2.40. The quantitative estimate of drug-likeness (QED) is 0.780. The molecule has 0 aliphatic heterocycles. The number of ether oxygens (including phenoxy) is 2. The average molecular weight is 358 g/mol. The lowest BCUT2D eigenvalue weighted by molar-refractivity contribution is -0.139. The van der Waals surface area contributed by atoms with E-state index in [9.17, 15) is 9.59 Å². The van der Waals surface area contributed by atoms with E-state index < -0.39 is 12.6 Å². The second-order valence-electron chi connectivity index (χ2n) is 5.76. The van der Waals surface area contributed by atoms with Gasteiger partial charge >= 0.3 is 5.97 Å². The van der Waals surface area contributed by atoms with Crippen molar-refractivity contribution in [2.45, 2.75) is 26.4 Å². The first-order valence-corrected chi connectivity index (χ1v) is 8.26. The van der Waals surface area contributed by atoms with Gasteiger partial charge in [0.1, 0.15) is 5.75 Å². The number of amides is 1. The number of aromatic nitrogens is 1. The third-order valence-corrected chi connectivity index (χ3v) is 3.77. The largest absolute Gasteiger partial charge is 0.482 e. The van der Waals surface area contributed by atoms with Gasteiger partial charge in [0.05, 0.1) is 6.10 Å². The Morgan fingerprint density at radius 1 is 1.23 bits per heavy atom. The standard InChI is InChI=1S/C19H22N2O5/c1-4-13(2)26-17-11-14(9-10-20-17)19(24)21(3)15-5-7-16(8-6-15)25-12-18(22)23/h5-11,13H,4,12H2,1-3H3,(H,22,23). The molecule has 1 N–H and O–H groups in total. The van der Waals surface area contributed by atoms with E-state index in [1.807, 2.05) is 13.8 Å². The summed E-state index contributed by atoms with van der Waals surface area (Å²) in [6.45, 7) is 3.54. The second kappa shape index (κ2) is 8.84. The Bertz CT molecular complexity index is 761. The highest BCUT2D eigenvalue weighted by atomic mass is 16.5. The van der Waals surface area contributed by atoms with Gasteiger partial charge in [-0.1, -0.05) is 6.92 Å². The predicted octanol–water partition coefficient (Wildman–Crippen LogP) is 3.00. The molecule has 1 atom stereocenters. The Kier molecular flexibility index (Phi) is 6.54. The lowest BCUT2D eigenvalue weighted by Gasteiger charge is -2.18. The molecular weight excluding hydrogens is 336 g/mol. The molecule has 1 heterocycles. The molecule has 0 fully saturated rings. The van der Waals surface area contributed by atoms with Gasteiger partial charge in [0.2, 0.25) is 5.88 Å². The number of hydrogen-bond donors (Lipinski definition) is 1. The summed E-state index contributed by atoms with van der Waals surface area (Å²) < 4.78 is 10.7. The van der Waals surface area contributed by atoms with Gasteiger partial charge in [-0.3, -0.25) is 4.79 Å². The fourth-order valence-corrected chi connectivity index (χ4v) is 2.12. The van der Waals surface area contributed by atoms with Crippen LogP contribution in [-0.2, 0) is 4.79 Å². The van der Waals surface area contributed by atoms with Crippen molar-refractivity contribution >= 4 is 17.6 Å². The van der Waals surface area contributed by atoms with Crippen molar-refractivity contribution in [2.75, 3.05) is 18.6 Å². The van der Waals surface area contributed by atoms with Crippen LogP contribution in [-0.4, -0.2) is 41.7 Å². The van der Waals surface area contributed by atoms with Crippen LogP contribution in [0.3, 0.4) is 0 Å². The number of carbonyl (C=O) groups excluding carboxylic acids is 1. The molecule has 7 heteroatoms.